The molecule has 0 aromatic rings. The molecule has 0 rings (SSSR count). The highest BCUT2D eigenvalue weighted by Crippen LogP contribution is 1.94. The van der Waals surface area contributed by atoms with Gasteiger partial charge in [0.2, 0.25) is 5.91 Å². The number of nitrogens with two attached hydrogens (primary N) is 1. The molecule has 1 unspecified atom stereocenters. The van der Waals surface area contributed by atoms with Crippen molar-refractivity contribution in [3.63, 3.8) is 0 Å². The van der Waals surface area contributed by atoms with Crippen LogP contribution in [0.5, 0.6) is 0 Å². The summed E-state index contributed by atoms with van der Waals surface area (Å²) in [6.07, 6.45) is 2.40. The number of nitrogens with zero attached hydrogens (tertiary/aromatic N) is 1. The van der Waals surface area contributed by atoms with E-state index in [-0.39, 0.29) is 11.9 Å². The van der Waals surface area contributed by atoms with Gasteiger partial charge in [-0.2, -0.15) is 0 Å². The number of rotatable bonds is 7. The van der Waals surface area contributed by atoms with E-state index >= 15 is 0 Å². The van der Waals surface area contributed by atoms with Crippen molar-refractivity contribution in [2.24, 2.45) is 5.73 Å². The van der Waals surface area contributed by atoms with E-state index in [4.69, 9.17) is 5.73 Å². The normalized spacial score (nSPS) is 12.9. The molecule has 4 nitrogen and oxygen atoms in total. The zero-order chi connectivity index (χ0) is 11.0. The Labute approximate surface area is 86.8 Å². The lowest BCUT2D eigenvalue weighted by Crippen LogP contribution is -2.39. The smallest absolute Gasteiger partial charge is 0.220 e. The molecule has 4 heteroatoms. The van der Waals surface area contributed by atoms with E-state index in [1.807, 2.05) is 21.0 Å². The molecule has 0 heterocycles. The molecule has 0 saturated carbocycles. The van der Waals surface area contributed by atoms with Crippen LogP contribution >= 0.6 is 0 Å². The Morgan fingerprint density at radius 2 is 2.07 bits per heavy atom. The van der Waals surface area contributed by atoms with E-state index in [1.165, 1.54) is 0 Å². The predicted octanol–water partition coefficient (Wildman–Crippen LogP) is 0.182. The first kappa shape index (κ1) is 13.4. The third kappa shape index (κ3) is 8.01. The summed E-state index contributed by atoms with van der Waals surface area (Å²) in [5.74, 6) is 0.132. The van der Waals surface area contributed by atoms with Crippen molar-refractivity contribution in [3.05, 3.63) is 0 Å². The maximum atomic E-state index is 11.3. The molecule has 1 atom stereocenters. The zero-order valence-electron chi connectivity index (χ0n) is 9.55. The minimum absolute atomic E-state index is 0.132. The number of carbonyl (C=O) groups is 1. The predicted molar refractivity (Wildman–Crippen MR) is 59.1 cm³/mol. The molecule has 0 saturated heterocycles. The lowest BCUT2D eigenvalue weighted by Gasteiger charge is -2.18. The van der Waals surface area contributed by atoms with Gasteiger partial charge in [0, 0.05) is 19.0 Å². The van der Waals surface area contributed by atoms with E-state index in [0.717, 1.165) is 19.4 Å². The zero-order valence-corrected chi connectivity index (χ0v) is 9.55. The summed E-state index contributed by atoms with van der Waals surface area (Å²) in [5, 5.41) is 2.95. The van der Waals surface area contributed by atoms with Gasteiger partial charge in [0.05, 0.1) is 0 Å². The van der Waals surface area contributed by atoms with Crippen LogP contribution in [0.3, 0.4) is 0 Å². The molecule has 0 aliphatic carbocycles. The Kier molecular flexibility index (Phi) is 7.42. The Hall–Kier alpha value is -0.610. The molecular weight excluding hydrogens is 178 g/mol. The van der Waals surface area contributed by atoms with Crippen LogP contribution in [0.1, 0.15) is 26.2 Å². The number of carbonyl (C=O) groups excluding carboxylic acids is 1. The second kappa shape index (κ2) is 7.76. The number of unbranched alkanes of at least 4 members (excludes halogenated alkanes) is 1. The van der Waals surface area contributed by atoms with Crippen molar-refractivity contribution in [2.45, 2.75) is 32.2 Å². The molecular formula is C10H23N3O. The number of likely N-dealkylation sites (N-methyl/N-ethyl adjacent to an activating group) is 1. The van der Waals surface area contributed by atoms with Gasteiger partial charge >= 0.3 is 0 Å². The SMILES string of the molecule is CC(CN(C)C)NC(=O)CCCCN. The van der Waals surface area contributed by atoms with Crippen molar-refractivity contribution >= 4 is 5.91 Å². The maximum absolute atomic E-state index is 11.3. The first-order chi connectivity index (χ1) is 6.56. The summed E-state index contributed by atoms with van der Waals surface area (Å²) in [7, 11) is 3.99. The van der Waals surface area contributed by atoms with Gasteiger partial charge in [-0.25, -0.2) is 0 Å². The van der Waals surface area contributed by atoms with E-state index in [0.29, 0.717) is 13.0 Å². The van der Waals surface area contributed by atoms with Crippen molar-refractivity contribution in [2.75, 3.05) is 27.2 Å². The summed E-state index contributed by atoms with van der Waals surface area (Å²) in [4.78, 5) is 13.4. The molecule has 0 spiro atoms. The maximum Gasteiger partial charge on any atom is 0.220 e. The van der Waals surface area contributed by atoms with Gasteiger partial charge in [-0.15, -0.1) is 0 Å². The number of nitrogens with one attached hydrogen (secondary N) is 1. The Bertz CT molecular complexity index is 159. The lowest BCUT2D eigenvalue weighted by molar-refractivity contribution is -0.121. The Morgan fingerprint density at radius 3 is 2.57 bits per heavy atom. The highest BCUT2D eigenvalue weighted by atomic mass is 16.1. The molecule has 0 aromatic carbocycles. The summed E-state index contributed by atoms with van der Waals surface area (Å²) < 4.78 is 0. The Morgan fingerprint density at radius 1 is 1.43 bits per heavy atom. The summed E-state index contributed by atoms with van der Waals surface area (Å²) in [6.45, 7) is 3.56. The molecule has 0 radical (unpaired) electrons. The van der Waals surface area contributed by atoms with Crippen LogP contribution in [0.25, 0.3) is 0 Å². The summed E-state index contributed by atoms with van der Waals surface area (Å²) >= 11 is 0. The van der Waals surface area contributed by atoms with Gasteiger partial charge in [0.15, 0.2) is 0 Å². The average Bonchev–Trinajstić information content (AvgIpc) is 2.02. The van der Waals surface area contributed by atoms with Crippen LogP contribution in [0.4, 0.5) is 0 Å². The lowest BCUT2D eigenvalue weighted by atomic mass is 10.2. The van der Waals surface area contributed by atoms with E-state index in [9.17, 15) is 4.79 Å². The Balaban J connectivity index is 3.50. The number of amides is 1. The quantitative estimate of drug-likeness (QED) is 0.578. The van der Waals surface area contributed by atoms with E-state index < -0.39 is 0 Å². The van der Waals surface area contributed by atoms with Gasteiger partial charge in [0.1, 0.15) is 0 Å². The van der Waals surface area contributed by atoms with Gasteiger partial charge in [-0.05, 0) is 40.4 Å². The van der Waals surface area contributed by atoms with Crippen molar-refractivity contribution in [3.8, 4) is 0 Å². The van der Waals surface area contributed by atoms with Crippen LogP contribution in [0.15, 0.2) is 0 Å². The van der Waals surface area contributed by atoms with Crippen LogP contribution in [-0.4, -0.2) is 44.0 Å². The first-order valence-electron chi connectivity index (χ1n) is 5.20. The van der Waals surface area contributed by atoms with Crippen molar-refractivity contribution < 1.29 is 4.79 Å². The van der Waals surface area contributed by atoms with Crippen LogP contribution in [-0.2, 0) is 4.79 Å². The molecule has 3 N–H and O–H groups in total. The van der Waals surface area contributed by atoms with Crippen LogP contribution in [0.2, 0.25) is 0 Å². The fraction of sp³-hybridized carbons (Fsp3) is 0.900. The molecule has 0 bridgehead atoms. The number of hydrogen-bond donors (Lipinski definition) is 2. The molecule has 0 aromatic heterocycles. The standard InChI is InChI=1S/C10H23N3O/c1-9(8-13(2)3)12-10(14)6-4-5-7-11/h9H,4-8,11H2,1-3H3,(H,12,14). The van der Waals surface area contributed by atoms with Crippen LogP contribution < -0.4 is 11.1 Å². The number of hydrogen-bond acceptors (Lipinski definition) is 3. The molecule has 0 aliphatic heterocycles. The van der Waals surface area contributed by atoms with Gasteiger partial charge in [0.25, 0.3) is 0 Å². The minimum Gasteiger partial charge on any atom is -0.352 e. The topological polar surface area (TPSA) is 58.4 Å². The highest BCUT2D eigenvalue weighted by molar-refractivity contribution is 5.76. The van der Waals surface area contributed by atoms with Crippen molar-refractivity contribution in [1.82, 2.24) is 10.2 Å². The fourth-order valence-electron chi connectivity index (χ4n) is 1.37. The molecule has 0 aliphatic rings. The first-order valence-corrected chi connectivity index (χ1v) is 5.20. The second-order valence-corrected chi connectivity index (χ2v) is 3.98. The monoisotopic (exact) mass is 201 g/mol. The molecule has 1 amide bonds. The van der Waals surface area contributed by atoms with Gasteiger partial charge in [-0.1, -0.05) is 0 Å². The minimum atomic E-state index is 0.132. The summed E-state index contributed by atoms with van der Waals surface area (Å²) in [6, 6.07) is 0.218. The van der Waals surface area contributed by atoms with Crippen LogP contribution in [0, 0.1) is 0 Å². The van der Waals surface area contributed by atoms with Gasteiger partial charge < -0.3 is 16.0 Å². The van der Waals surface area contributed by atoms with Gasteiger partial charge in [-0.3, -0.25) is 4.79 Å². The van der Waals surface area contributed by atoms with E-state index in [1.54, 1.807) is 0 Å². The molecule has 14 heavy (non-hydrogen) atoms. The van der Waals surface area contributed by atoms with Crippen molar-refractivity contribution in [1.29, 1.82) is 0 Å². The van der Waals surface area contributed by atoms with E-state index in [2.05, 4.69) is 10.2 Å². The summed E-state index contributed by atoms with van der Waals surface area (Å²) in [5.41, 5.74) is 5.34. The highest BCUT2D eigenvalue weighted by Gasteiger charge is 2.07. The second-order valence-electron chi connectivity index (χ2n) is 3.98. The molecule has 84 valence electrons. The molecule has 0 fully saturated rings. The largest absolute Gasteiger partial charge is 0.352 e. The average molecular weight is 201 g/mol. The fourth-order valence-corrected chi connectivity index (χ4v) is 1.37. The third-order valence-electron chi connectivity index (χ3n) is 1.90. The third-order valence-corrected chi connectivity index (χ3v) is 1.90.